The molecule has 148 valence electrons. The predicted molar refractivity (Wildman–Crippen MR) is 113 cm³/mol. The first kappa shape index (κ1) is 19.4. The fraction of sp³-hybridized carbons (Fsp3) is 0.538. The summed E-state index contributed by atoms with van der Waals surface area (Å²) < 4.78 is 0. The van der Waals surface area contributed by atoms with Gasteiger partial charge in [0.1, 0.15) is 5.78 Å². The number of hydrogen-bond acceptors (Lipinski definition) is 2. The molecule has 28 heavy (non-hydrogen) atoms. The summed E-state index contributed by atoms with van der Waals surface area (Å²) in [7, 11) is 0. The monoisotopic (exact) mass is 376 g/mol. The SMILES string of the molecule is CC.C[C@]12C[C@@H](c3ccccc3)C3=C4CCC(=O)C=C4CCC3C1CCC2=O. The smallest absolute Gasteiger partial charge is 0.156 e. The Labute approximate surface area is 169 Å². The molecule has 2 saturated carbocycles. The summed E-state index contributed by atoms with van der Waals surface area (Å²) in [4.78, 5) is 24.8. The Balaban J connectivity index is 0.000000932. The van der Waals surface area contributed by atoms with Crippen molar-refractivity contribution >= 4 is 11.6 Å². The first-order valence-electron chi connectivity index (χ1n) is 11.1. The van der Waals surface area contributed by atoms with Crippen LogP contribution >= 0.6 is 0 Å². The fourth-order valence-electron chi connectivity index (χ4n) is 6.42. The molecule has 2 unspecified atom stereocenters. The molecule has 0 spiro atoms. The van der Waals surface area contributed by atoms with Gasteiger partial charge in [-0.25, -0.2) is 0 Å². The van der Waals surface area contributed by atoms with Crippen LogP contribution in [0, 0.1) is 17.3 Å². The van der Waals surface area contributed by atoms with E-state index in [9.17, 15) is 9.59 Å². The van der Waals surface area contributed by atoms with Crippen molar-refractivity contribution in [1.29, 1.82) is 0 Å². The maximum atomic E-state index is 12.8. The van der Waals surface area contributed by atoms with Crippen molar-refractivity contribution in [3.05, 3.63) is 58.7 Å². The van der Waals surface area contributed by atoms with Gasteiger partial charge in [-0.3, -0.25) is 9.59 Å². The molecular weight excluding hydrogens is 344 g/mol. The highest BCUT2D eigenvalue weighted by Crippen LogP contribution is 2.62. The number of fused-ring (bicyclic) bond motifs is 4. The van der Waals surface area contributed by atoms with Crippen LogP contribution in [0.15, 0.2) is 53.1 Å². The maximum absolute atomic E-state index is 12.8. The zero-order chi connectivity index (χ0) is 19.9. The van der Waals surface area contributed by atoms with Crippen LogP contribution in [0.2, 0.25) is 0 Å². The van der Waals surface area contributed by atoms with Crippen LogP contribution in [0.25, 0.3) is 0 Å². The lowest BCUT2D eigenvalue weighted by Gasteiger charge is -2.50. The summed E-state index contributed by atoms with van der Waals surface area (Å²) in [5, 5.41) is 0. The third-order valence-corrected chi connectivity index (χ3v) is 7.65. The second-order valence-corrected chi connectivity index (χ2v) is 8.87. The second kappa shape index (κ2) is 7.46. The standard InChI is InChI=1S/C24H26O2.C2H6/c1-24-14-20(15-5-3-2-4-6-15)23-18-10-8-17(25)13-16(18)7-9-19(23)21(24)11-12-22(24)26;1-2/h2-6,13,19-21H,7-12,14H2,1H3;1-2H3/t19?,20-,21?,24-;/m0./s1. The van der Waals surface area contributed by atoms with E-state index in [2.05, 4.69) is 37.3 Å². The number of Topliss-reactive ketones (excluding diaryl/α,β-unsaturated/α-hetero) is 1. The lowest BCUT2D eigenvalue weighted by Crippen LogP contribution is -2.43. The number of hydrogen-bond donors (Lipinski definition) is 0. The molecule has 0 radical (unpaired) electrons. The van der Waals surface area contributed by atoms with Gasteiger partial charge >= 0.3 is 0 Å². The number of ketones is 2. The molecule has 4 aliphatic rings. The van der Waals surface area contributed by atoms with Gasteiger partial charge in [0.05, 0.1) is 0 Å². The normalized spacial score (nSPS) is 34.0. The van der Waals surface area contributed by atoms with Crippen LogP contribution in [0.5, 0.6) is 0 Å². The molecule has 4 aliphatic carbocycles. The minimum absolute atomic E-state index is 0.166. The molecular formula is C26H32O2. The van der Waals surface area contributed by atoms with Crippen molar-refractivity contribution < 1.29 is 9.59 Å². The average molecular weight is 377 g/mol. The van der Waals surface area contributed by atoms with E-state index in [0.717, 1.165) is 38.5 Å². The number of carbonyl (C=O) groups is 2. The first-order chi connectivity index (χ1) is 13.6. The Morgan fingerprint density at radius 2 is 1.68 bits per heavy atom. The van der Waals surface area contributed by atoms with Gasteiger partial charge in [-0.1, -0.05) is 56.7 Å². The molecule has 2 fully saturated rings. The van der Waals surface area contributed by atoms with Gasteiger partial charge in [0.15, 0.2) is 5.78 Å². The number of carbonyl (C=O) groups excluding carboxylic acids is 2. The minimum atomic E-state index is -0.166. The van der Waals surface area contributed by atoms with Crippen molar-refractivity contribution in [1.82, 2.24) is 0 Å². The highest BCUT2D eigenvalue weighted by atomic mass is 16.1. The number of rotatable bonds is 1. The van der Waals surface area contributed by atoms with Gasteiger partial charge in [-0.2, -0.15) is 0 Å². The Bertz CT molecular complexity index is 844. The van der Waals surface area contributed by atoms with Crippen molar-refractivity contribution in [3.8, 4) is 0 Å². The molecule has 0 aromatic heterocycles. The summed E-state index contributed by atoms with van der Waals surface area (Å²) in [5.74, 6) is 2.11. The Kier molecular flexibility index (Phi) is 5.16. The molecule has 5 rings (SSSR count). The van der Waals surface area contributed by atoms with E-state index in [1.54, 1.807) is 5.57 Å². The van der Waals surface area contributed by atoms with Crippen LogP contribution in [-0.2, 0) is 9.59 Å². The Hall–Kier alpha value is -1.96. The zero-order valence-electron chi connectivity index (χ0n) is 17.5. The fourth-order valence-corrected chi connectivity index (χ4v) is 6.42. The van der Waals surface area contributed by atoms with Gasteiger partial charge < -0.3 is 0 Å². The second-order valence-electron chi connectivity index (χ2n) is 8.87. The van der Waals surface area contributed by atoms with Crippen molar-refractivity contribution in [2.75, 3.05) is 0 Å². The first-order valence-corrected chi connectivity index (χ1v) is 11.1. The van der Waals surface area contributed by atoms with E-state index in [1.807, 2.05) is 19.9 Å². The van der Waals surface area contributed by atoms with Gasteiger partial charge in [-0.05, 0) is 66.7 Å². The largest absolute Gasteiger partial charge is 0.299 e. The van der Waals surface area contributed by atoms with E-state index >= 15 is 0 Å². The number of benzene rings is 1. The van der Waals surface area contributed by atoms with Crippen LogP contribution in [0.1, 0.15) is 77.2 Å². The molecule has 1 aromatic carbocycles. The van der Waals surface area contributed by atoms with E-state index in [1.165, 1.54) is 16.7 Å². The van der Waals surface area contributed by atoms with Gasteiger partial charge in [-0.15, -0.1) is 0 Å². The predicted octanol–water partition coefficient (Wildman–Crippen LogP) is 6.18. The van der Waals surface area contributed by atoms with E-state index < -0.39 is 0 Å². The summed E-state index contributed by atoms with van der Waals surface area (Å²) in [6.07, 6.45) is 8.33. The van der Waals surface area contributed by atoms with Crippen LogP contribution in [0.3, 0.4) is 0 Å². The molecule has 0 heterocycles. The summed E-state index contributed by atoms with van der Waals surface area (Å²) in [6.45, 7) is 6.24. The molecule has 0 aliphatic heterocycles. The summed E-state index contributed by atoms with van der Waals surface area (Å²) in [6, 6.07) is 10.8. The molecule has 2 heteroatoms. The number of allylic oxidation sites excluding steroid dienone is 4. The molecule has 2 nitrogen and oxygen atoms in total. The molecule has 0 bridgehead atoms. The highest BCUT2D eigenvalue weighted by molar-refractivity contribution is 5.93. The van der Waals surface area contributed by atoms with E-state index in [4.69, 9.17) is 0 Å². The van der Waals surface area contributed by atoms with Gasteiger partial charge in [0, 0.05) is 24.2 Å². The van der Waals surface area contributed by atoms with E-state index in [-0.39, 0.29) is 11.2 Å². The quantitative estimate of drug-likeness (QED) is 0.586. The van der Waals surface area contributed by atoms with E-state index in [0.29, 0.717) is 30.0 Å². The molecule has 0 N–H and O–H groups in total. The summed E-state index contributed by atoms with van der Waals surface area (Å²) >= 11 is 0. The third kappa shape index (κ3) is 2.93. The van der Waals surface area contributed by atoms with Crippen molar-refractivity contribution in [2.45, 2.75) is 71.6 Å². The molecule has 0 amide bonds. The maximum Gasteiger partial charge on any atom is 0.156 e. The van der Waals surface area contributed by atoms with Crippen LogP contribution in [-0.4, -0.2) is 11.6 Å². The van der Waals surface area contributed by atoms with Crippen molar-refractivity contribution in [3.63, 3.8) is 0 Å². The van der Waals surface area contributed by atoms with Gasteiger partial charge in [0.2, 0.25) is 0 Å². The molecule has 0 saturated heterocycles. The van der Waals surface area contributed by atoms with Crippen LogP contribution in [0.4, 0.5) is 0 Å². The van der Waals surface area contributed by atoms with Crippen LogP contribution < -0.4 is 0 Å². The minimum Gasteiger partial charge on any atom is -0.299 e. The Morgan fingerprint density at radius 1 is 0.929 bits per heavy atom. The third-order valence-electron chi connectivity index (χ3n) is 7.65. The lowest BCUT2D eigenvalue weighted by molar-refractivity contribution is -0.128. The topological polar surface area (TPSA) is 34.1 Å². The van der Waals surface area contributed by atoms with Gasteiger partial charge in [0.25, 0.3) is 0 Å². The summed E-state index contributed by atoms with van der Waals surface area (Å²) in [5.41, 5.74) is 5.52. The molecule has 4 atom stereocenters. The Morgan fingerprint density at radius 3 is 2.43 bits per heavy atom. The molecule has 1 aromatic rings. The van der Waals surface area contributed by atoms with Crippen molar-refractivity contribution in [2.24, 2.45) is 17.3 Å². The lowest BCUT2D eigenvalue weighted by atomic mass is 9.53. The average Bonchev–Trinajstić information content (AvgIpc) is 3.03. The zero-order valence-corrected chi connectivity index (χ0v) is 17.5. The highest BCUT2D eigenvalue weighted by Gasteiger charge is 2.56.